The van der Waals surface area contributed by atoms with Gasteiger partial charge in [-0.3, -0.25) is 0 Å². The lowest BCUT2D eigenvalue weighted by molar-refractivity contribution is -0.178. The van der Waals surface area contributed by atoms with Crippen molar-refractivity contribution in [1.82, 2.24) is 10.6 Å². The van der Waals surface area contributed by atoms with Crippen LogP contribution < -0.4 is 10.6 Å². The molecule has 0 aromatic carbocycles. The zero-order valence-electron chi connectivity index (χ0n) is 6.34. The van der Waals surface area contributed by atoms with E-state index in [1.54, 1.807) is 6.92 Å². The van der Waals surface area contributed by atoms with E-state index in [-0.39, 0.29) is 0 Å². The van der Waals surface area contributed by atoms with Gasteiger partial charge in [0.15, 0.2) is 0 Å². The maximum Gasteiger partial charge on any atom is 0.450 e. The van der Waals surface area contributed by atoms with E-state index in [0.29, 0.717) is 6.54 Å². The van der Waals surface area contributed by atoms with Gasteiger partial charge in [-0.05, 0) is 6.92 Å². The molecule has 0 saturated carbocycles. The van der Waals surface area contributed by atoms with E-state index in [1.165, 1.54) is 7.05 Å². The first-order chi connectivity index (χ1) is 5.20. The van der Waals surface area contributed by atoms with Gasteiger partial charge in [-0.25, -0.2) is 19.4 Å². The van der Waals surface area contributed by atoms with Crippen LogP contribution in [0.5, 0.6) is 0 Å². The minimum Gasteiger partial charge on any atom is -0.321 e. The molecule has 0 spiro atoms. The van der Waals surface area contributed by atoms with Crippen LogP contribution in [0.3, 0.4) is 0 Å². The van der Waals surface area contributed by atoms with E-state index in [4.69, 9.17) is 0 Å². The fourth-order valence-corrected chi connectivity index (χ4v) is 0.291. The van der Waals surface area contributed by atoms with Crippen molar-refractivity contribution in [2.24, 2.45) is 0 Å². The summed E-state index contributed by atoms with van der Waals surface area (Å²) < 4.78 is 0. The molecule has 6 heteroatoms. The Kier molecular flexibility index (Phi) is 4.63. The summed E-state index contributed by atoms with van der Waals surface area (Å²) in [6, 6.07) is 0. The SMILES string of the molecule is CCNC(=O)OOC(=O)NC. The molecule has 0 radical (unpaired) electrons. The van der Waals surface area contributed by atoms with Crippen molar-refractivity contribution in [1.29, 1.82) is 0 Å². The summed E-state index contributed by atoms with van der Waals surface area (Å²) in [5.74, 6) is 0. The van der Waals surface area contributed by atoms with Crippen molar-refractivity contribution in [3.63, 3.8) is 0 Å². The van der Waals surface area contributed by atoms with Gasteiger partial charge in [0.1, 0.15) is 0 Å². The molecule has 2 amide bonds. The fourth-order valence-electron chi connectivity index (χ4n) is 0.291. The van der Waals surface area contributed by atoms with Crippen molar-refractivity contribution in [3.05, 3.63) is 0 Å². The molecule has 0 saturated heterocycles. The summed E-state index contributed by atoms with van der Waals surface area (Å²) in [7, 11) is 1.35. The van der Waals surface area contributed by atoms with Gasteiger partial charge in [-0.1, -0.05) is 0 Å². The monoisotopic (exact) mass is 162 g/mol. The zero-order chi connectivity index (χ0) is 8.69. The Hall–Kier alpha value is -1.46. The molecule has 0 bridgehead atoms. The molecule has 0 heterocycles. The van der Waals surface area contributed by atoms with Crippen molar-refractivity contribution in [2.45, 2.75) is 6.92 Å². The van der Waals surface area contributed by atoms with Crippen molar-refractivity contribution < 1.29 is 19.4 Å². The minimum absolute atomic E-state index is 0.413. The predicted octanol–water partition coefficient (Wildman–Crippen LogP) is 0.00350. The van der Waals surface area contributed by atoms with Crippen LogP contribution >= 0.6 is 0 Å². The number of hydrogen-bond donors (Lipinski definition) is 2. The molecule has 0 aliphatic heterocycles. The molecule has 2 N–H and O–H groups in total. The van der Waals surface area contributed by atoms with E-state index in [1.807, 2.05) is 0 Å². The summed E-state index contributed by atoms with van der Waals surface area (Å²) in [5.41, 5.74) is 0. The number of carbonyl (C=O) groups is 2. The molecule has 0 aliphatic rings. The summed E-state index contributed by atoms with van der Waals surface area (Å²) in [5, 5.41) is 4.36. The van der Waals surface area contributed by atoms with E-state index in [2.05, 4.69) is 20.4 Å². The second-order valence-corrected chi connectivity index (χ2v) is 1.52. The van der Waals surface area contributed by atoms with Crippen LogP contribution in [-0.4, -0.2) is 25.8 Å². The zero-order valence-corrected chi connectivity index (χ0v) is 6.34. The maximum atomic E-state index is 10.4. The lowest BCUT2D eigenvalue weighted by atomic mass is 10.8. The first-order valence-electron chi connectivity index (χ1n) is 3.04. The molecule has 11 heavy (non-hydrogen) atoms. The Morgan fingerprint density at radius 3 is 2.27 bits per heavy atom. The Labute approximate surface area is 63.8 Å². The first-order valence-corrected chi connectivity index (χ1v) is 3.04. The largest absolute Gasteiger partial charge is 0.450 e. The molecule has 64 valence electrons. The van der Waals surface area contributed by atoms with Crippen LogP contribution in [0.25, 0.3) is 0 Å². The van der Waals surface area contributed by atoms with E-state index < -0.39 is 12.2 Å². The molecule has 0 aliphatic carbocycles. The number of rotatable bonds is 1. The Balaban J connectivity index is 3.38. The topological polar surface area (TPSA) is 76.7 Å². The third kappa shape index (κ3) is 5.01. The van der Waals surface area contributed by atoms with Crippen molar-refractivity contribution >= 4 is 12.2 Å². The summed E-state index contributed by atoms with van der Waals surface area (Å²) in [6.07, 6.45) is -1.62. The quantitative estimate of drug-likeness (QED) is 0.420. The summed E-state index contributed by atoms with van der Waals surface area (Å²) in [6.45, 7) is 2.12. The molecule has 0 atom stereocenters. The van der Waals surface area contributed by atoms with Crippen molar-refractivity contribution in [2.75, 3.05) is 13.6 Å². The molecule has 0 aromatic heterocycles. The van der Waals surface area contributed by atoms with Crippen molar-refractivity contribution in [3.8, 4) is 0 Å². The molecular formula is C5H10N2O4. The lowest BCUT2D eigenvalue weighted by Gasteiger charge is -2.01. The van der Waals surface area contributed by atoms with Gasteiger partial charge in [0.25, 0.3) is 0 Å². The second kappa shape index (κ2) is 5.33. The maximum absolute atomic E-state index is 10.4. The second-order valence-electron chi connectivity index (χ2n) is 1.52. The van der Waals surface area contributed by atoms with E-state index in [9.17, 15) is 9.59 Å². The average molecular weight is 162 g/mol. The summed E-state index contributed by atoms with van der Waals surface area (Å²) >= 11 is 0. The minimum atomic E-state index is -0.823. The Morgan fingerprint density at radius 1 is 1.27 bits per heavy atom. The average Bonchev–Trinajstić information content (AvgIpc) is 2.01. The molecular weight excluding hydrogens is 152 g/mol. The van der Waals surface area contributed by atoms with Gasteiger partial charge in [0.2, 0.25) is 0 Å². The summed E-state index contributed by atoms with van der Waals surface area (Å²) in [4.78, 5) is 28.6. The third-order valence-electron chi connectivity index (χ3n) is 0.718. The Morgan fingerprint density at radius 2 is 1.82 bits per heavy atom. The highest BCUT2D eigenvalue weighted by Crippen LogP contribution is 1.80. The highest BCUT2D eigenvalue weighted by Gasteiger charge is 2.04. The molecule has 0 unspecified atom stereocenters. The molecule has 0 aromatic rings. The number of amides is 2. The first kappa shape index (κ1) is 9.54. The van der Waals surface area contributed by atoms with Crippen LogP contribution in [0.2, 0.25) is 0 Å². The van der Waals surface area contributed by atoms with Gasteiger partial charge in [-0.15, -0.1) is 0 Å². The van der Waals surface area contributed by atoms with Crippen LogP contribution in [0.4, 0.5) is 9.59 Å². The van der Waals surface area contributed by atoms with Gasteiger partial charge in [0.05, 0.1) is 0 Å². The highest BCUT2D eigenvalue weighted by molar-refractivity contribution is 5.70. The molecule has 6 nitrogen and oxygen atoms in total. The van der Waals surface area contributed by atoms with Gasteiger partial charge < -0.3 is 10.6 Å². The smallest absolute Gasteiger partial charge is 0.321 e. The standard InChI is InChI=1S/C5H10N2O4/c1-3-7-5(9)11-10-4(8)6-2/h3H2,1-2H3,(H,6,8)(H,7,9). The number of hydrogen-bond acceptors (Lipinski definition) is 4. The highest BCUT2D eigenvalue weighted by atomic mass is 17.2. The Bertz CT molecular complexity index is 147. The lowest BCUT2D eigenvalue weighted by Crippen LogP contribution is -2.27. The molecule has 0 fully saturated rings. The van der Waals surface area contributed by atoms with Gasteiger partial charge in [0, 0.05) is 13.6 Å². The fraction of sp³-hybridized carbons (Fsp3) is 0.600. The van der Waals surface area contributed by atoms with Gasteiger partial charge >= 0.3 is 12.2 Å². The number of carbonyl (C=O) groups excluding carboxylic acids is 2. The van der Waals surface area contributed by atoms with Crippen LogP contribution in [0.1, 0.15) is 6.92 Å². The normalized spacial score (nSPS) is 8.18. The van der Waals surface area contributed by atoms with Crippen LogP contribution in [0, 0.1) is 0 Å². The van der Waals surface area contributed by atoms with Crippen LogP contribution in [-0.2, 0) is 9.78 Å². The number of nitrogens with one attached hydrogen (secondary N) is 2. The van der Waals surface area contributed by atoms with Crippen LogP contribution in [0.15, 0.2) is 0 Å². The van der Waals surface area contributed by atoms with Gasteiger partial charge in [-0.2, -0.15) is 0 Å². The molecule has 0 rings (SSSR count). The van der Waals surface area contributed by atoms with E-state index >= 15 is 0 Å². The predicted molar refractivity (Wildman–Crippen MR) is 35.7 cm³/mol. The third-order valence-corrected chi connectivity index (χ3v) is 0.718. The van der Waals surface area contributed by atoms with E-state index in [0.717, 1.165) is 0 Å².